The Hall–Kier alpha value is -1.61. The molecule has 0 spiro atoms. The van der Waals surface area contributed by atoms with E-state index in [0.29, 0.717) is 11.5 Å². The Balaban J connectivity index is 2.19. The average Bonchev–Trinajstić information content (AvgIpc) is 2.47. The fourth-order valence-corrected chi connectivity index (χ4v) is 2.78. The maximum absolute atomic E-state index is 12.5. The smallest absolute Gasteiger partial charge is 0.252 e. The van der Waals surface area contributed by atoms with Crippen LogP contribution in [0.5, 0.6) is 0 Å². The van der Waals surface area contributed by atoms with Gasteiger partial charge in [0.25, 0.3) is 5.91 Å². The van der Waals surface area contributed by atoms with Crippen LogP contribution in [-0.2, 0) is 0 Å². The molecule has 2 aromatic rings. The second kappa shape index (κ2) is 7.41. The molecule has 1 amide bonds. The fraction of sp³-hybridized carbons (Fsp3) is 0.278. The largest absolute Gasteiger partial charge is 0.345 e. The van der Waals surface area contributed by atoms with Crippen LogP contribution < -0.4 is 5.32 Å². The van der Waals surface area contributed by atoms with Crippen molar-refractivity contribution < 1.29 is 4.79 Å². The first kappa shape index (κ1) is 15.8. The lowest BCUT2D eigenvalue weighted by Crippen LogP contribution is -2.29. The van der Waals surface area contributed by atoms with Gasteiger partial charge in [0.2, 0.25) is 0 Å². The molecule has 110 valence electrons. The van der Waals surface area contributed by atoms with E-state index < -0.39 is 0 Å². The Labute approximate surface area is 134 Å². The van der Waals surface area contributed by atoms with Crippen molar-refractivity contribution in [2.75, 3.05) is 0 Å². The minimum atomic E-state index is -0.0445. The van der Waals surface area contributed by atoms with Gasteiger partial charge in [0.15, 0.2) is 0 Å². The number of hydrogen-bond donors (Lipinski definition) is 1. The van der Waals surface area contributed by atoms with Crippen LogP contribution in [0, 0.1) is 5.92 Å². The summed E-state index contributed by atoms with van der Waals surface area (Å²) in [7, 11) is 0. The summed E-state index contributed by atoms with van der Waals surface area (Å²) < 4.78 is 0.818. The molecule has 0 heterocycles. The Bertz CT molecular complexity index is 595. The van der Waals surface area contributed by atoms with Crippen LogP contribution in [0.2, 0.25) is 0 Å². The highest BCUT2D eigenvalue weighted by molar-refractivity contribution is 9.10. The molecule has 0 aliphatic rings. The highest BCUT2D eigenvalue weighted by atomic mass is 79.9. The van der Waals surface area contributed by atoms with E-state index in [1.807, 2.05) is 42.5 Å². The quantitative estimate of drug-likeness (QED) is 0.814. The third-order valence-electron chi connectivity index (χ3n) is 3.33. The monoisotopic (exact) mass is 345 g/mol. The molecule has 0 fully saturated rings. The van der Waals surface area contributed by atoms with Gasteiger partial charge >= 0.3 is 0 Å². The van der Waals surface area contributed by atoms with Crippen LogP contribution in [0.15, 0.2) is 59.1 Å². The second-order valence-corrected chi connectivity index (χ2v) is 6.40. The zero-order chi connectivity index (χ0) is 15.2. The standard InChI is InChI=1S/C18H20BrNO/c1-13(2)12-17(14-8-4-3-5-9-14)20-18(21)15-10-6-7-11-16(15)19/h3-11,13,17H,12H2,1-2H3,(H,20,21)/t17-/m1/s1. The Kier molecular flexibility index (Phi) is 5.57. The number of carbonyl (C=O) groups is 1. The van der Waals surface area contributed by atoms with Gasteiger partial charge < -0.3 is 5.32 Å². The highest BCUT2D eigenvalue weighted by Gasteiger charge is 2.18. The summed E-state index contributed by atoms with van der Waals surface area (Å²) in [5.74, 6) is 0.465. The van der Waals surface area contributed by atoms with Gasteiger partial charge in [0.1, 0.15) is 0 Å². The summed E-state index contributed by atoms with van der Waals surface area (Å²) in [6.07, 6.45) is 0.917. The molecule has 0 aliphatic carbocycles. The van der Waals surface area contributed by atoms with Crippen LogP contribution in [0.25, 0.3) is 0 Å². The maximum atomic E-state index is 12.5. The van der Waals surface area contributed by atoms with Gasteiger partial charge in [-0.1, -0.05) is 56.3 Å². The van der Waals surface area contributed by atoms with E-state index in [2.05, 4.69) is 47.2 Å². The van der Waals surface area contributed by atoms with Crippen LogP contribution in [0.4, 0.5) is 0 Å². The molecule has 3 heteroatoms. The normalized spacial score (nSPS) is 12.2. The predicted octanol–water partition coefficient (Wildman–Crippen LogP) is 4.97. The average molecular weight is 346 g/mol. The molecule has 1 N–H and O–H groups in total. The van der Waals surface area contributed by atoms with Gasteiger partial charge in [0.05, 0.1) is 11.6 Å². The minimum Gasteiger partial charge on any atom is -0.345 e. The number of amides is 1. The van der Waals surface area contributed by atoms with Crippen molar-refractivity contribution in [2.45, 2.75) is 26.3 Å². The van der Waals surface area contributed by atoms with E-state index in [1.54, 1.807) is 0 Å². The van der Waals surface area contributed by atoms with Gasteiger partial charge in [-0.3, -0.25) is 4.79 Å². The Morgan fingerprint density at radius 1 is 1.05 bits per heavy atom. The first-order valence-corrected chi connectivity index (χ1v) is 7.97. The third-order valence-corrected chi connectivity index (χ3v) is 4.02. The van der Waals surface area contributed by atoms with E-state index in [0.717, 1.165) is 16.5 Å². The SMILES string of the molecule is CC(C)C[C@@H](NC(=O)c1ccccc1Br)c1ccccc1. The molecule has 0 aromatic heterocycles. The first-order valence-electron chi connectivity index (χ1n) is 7.18. The molecule has 0 saturated carbocycles. The molecule has 0 unspecified atom stereocenters. The van der Waals surface area contributed by atoms with Gasteiger partial charge in [-0.25, -0.2) is 0 Å². The summed E-state index contributed by atoms with van der Waals surface area (Å²) in [5.41, 5.74) is 1.81. The van der Waals surface area contributed by atoms with E-state index >= 15 is 0 Å². The lowest BCUT2D eigenvalue weighted by Gasteiger charge is -2.21. The van der Waals surface area contributed by atoms with Crippen molar-refractivity contribution in [1.29, 1.82) is 0 Å². The van der Waals surface area contributed by atoms with Gasteiger partial charge in [-0.15, -0.1) is 0 Å². The highest BCUT2D eigenvalue weighted by Crippen LogP contribution is 2.23. The van der Waals surface area contributed by atoms with E-state index in [1.165, 1.54) is 0 Å². The van der Waals surface area contributed by atoms with Gasteiger partial charge in [-0.05, 0) is 46.0 Å². The maximum Gasteiger partial charge on any atom is 0.252 e. The predicted molar refractivity (Wildman–Crippen MR) is 90.2 cm³/mol. The van der Waals surface area contributed by atoms with E-state index in [-0.39, 0.29) is 11.9 Å². The zero-order valence-corrected chi connectivity index (χ0v) is 13.9. The van der Waals surface area contributed by atoms with E-state index in [9.17, 15) is 4.79 Å². The lowest BCUT2D eigenvalue weighted by atomic mass is 9.96. The first-order chi connectivity index (χ1) is 10.1. The summed E-state index contributed by atoms with van der Waals surface area (Å²) >= 11 is 3.43. The topological polar surface area (TPSA) is 29.1 Å². The number of benzene rings is 2. The van der Waals surface area contributed by atoms with Crippen molar-refractivity contribution in [3.05, 3.63) is 70.2 Å². The molecule has 21 heavy (non-hydrogen) atoms. The molecule has 2 rings (SSSR count). The summed E-state index contributed by atoms with van der Waals surface area (Å²) in [6, 6.07) is 17.7. The number of nitrogens with one attached hydrogen (secondary N) is 1. The molecular formula is C18H20BrNO. The summed E-state index contributed by atoms with van der Waals surface area (Å²) in [6.45, 7) is 4.33. The van der Waals surface area contributed by atoms with Crippen LogP contribution >= 0.6 is 15.9 Å². The molecule has 0 bridgehead atoms. The van der Waals surface area contributed by atoms with Gasteiger partial charge in [-0.2, -0.15) is 0 Å². The van der Waals surface area contributed by atoms with Crippen molar-refractivity contribution in [3.8, 4) is 0 Å². The number of rotatable bonds is 5. The minimum absolute atomic E-state index is 0.0332. The van der Waals surface area contributed by atoms with Crippen LogP contribution in [0.3, 0.4) is 0 Å². The molecule has 2 aromatic carbocycles. The number of halogens is 1. The third kappa shape index (κ3) is 4.43. The fourth-order valence-electron chi connectivity index (χ4n) is 2.32. The summed E-state index contributed by atoms with van der Waals surface area (Å²) in [5, 5.41) is 3.15. The van der Waals surface area contributed by atoms with Crippen molar-refractivity contribution in [2.24, 2.45) is 5.92 Å². The number of hydrogen-bond acceptors (Lipinski definition) is 1. The zero-order valence-electron chi connectivity index (χ0n) is 12.3. The van der Waals surface area contributed by atoms with E-state index in [4.69, 9.17) is 0 Å². The number of carbonyl (C=O) groups excluding carboxylic acids is 1. The van der Waals surface area contributed by atoms with Crippen LogP contribution in [-0.4, -0.2) is 5.91 Å². The van der Waals surface area contributed by atoms with Crippen molar-refractivity contribution in [3.63, 3.8) is 0 Å². The molecular weight excluding hydrogens is 326 g/mol. The Morgan fingerprint density at radius 2 is 1.67 bits per heavy atom. The molecule has 2 nitrogen and oxygen atoms in total. The molecule has 1 atom stereocenters. The van der Waals surface area contributed by atoms with Crippen molar-refractivity contribution >= 4 is 21.8 Å². The lowest BCUT2D eigenvalue weighted by molar-refractivity contribution is 0.0931. The van der Waals surface area contributed by atoms with Crippen LogP contribution in [0.1, 0.15) is 42.2 Å². The molecule has 0 saturated heterocycles. The molecule has 0 aliphatic heterocycles. The Morgan fingerprint density at radius 3 is 2.29 bits per heavy atom. The second-order valence-electron chi connectivity index (χ2n) is 5.55. The van der Waals surface area contributed by atoms with Gasteiger partial charge in [0, 0.05) is 4.47 Å². The van der Waals surface area contributed by atoms with Crippen molar-refractivity contribution in [1.82, 2.24) is 5.32 Å². The molecule has 0 radical (unpaired) electrons. The summed E-state index contributed by atoms with van der Waals surface area (Å²) in [4.78, 5) is 12.5.